The van der Waals surface area contributed by atoms with E-state index in [0.717, 1.165) is 25.1 Å². The van der Waals surface area contributed by atoms with Crippen LogP contribution < -0.4 is 16.6 Å². The fraction of sp³-hybridized carbons (Fsp3) is 0.500. The first-order valence-electron chi connectivity index (χ1n) is 4.36. The summed E-state index contributed by atoms with van der Waals surface area (Å²) < 4.78 is 0. The maximum atomic E-state index is 10.9. The van der Waals surface area contributed by atoms with Crippen LogP contribution in [-0.2, 0) is 0 Å². The van der Waals surface area contributed by atoms with Gasteiger partial charge in [-0.05, 0) is 25.5 Å². The highest BCUT2D eigenvalue weighted by Gasteiger charge is 2.17. The van der Waals surface area contributed by atoms with E-state index in [1.54, 1.807) is 6.07 Å². The number of H-pyrrole nitrogens is 1. The highest BCUT2D eigenvalue weighted by molar-refractivity contribution is 5.35. The molecule has 4 N–H and O–H groups in total. The minimum Gasteiger partial charge on any atom is -0.394 e. The second-order valence-corrected chi connectivity index (χ2v) is 3.23. The smallest absolute Gasteiger partial charge is 0.287 e. The normalized spacial score (nSPS) is 22.0. The van der Waals surface area contributed by atoms with Gasteiger partial charge in [-0.15, -0.1) is 0 Å². The number of nitrogens with zero attached hydrogens (tertiary/aromatic N) is 1. The Kier molecular flexibility index (Phi) is 2.02. The molecule has 1 aliphatic rings. The molecule has 2 rings (SSSR count). The molecule has 0 aliphatic carbocycles. The third-order valence-corrected chi connectivity index (χ3v) is 2.27. The Labute approximate surface area is 75.3 Å². The van der Waals surface area contributed by atoms with Crippen LogP contribution in [0.15, 0.2) is 10.9 Å². The van der Waals surface area contributed by atoms with Crippen molar-refractivity contribution in [1.29, 1.82) is 0 Å². The van der Waals surface area contributed by atoms with E-state index in [2.05, 4.69) is 15.5 Å². The Balaban J connectivity index is 2.30. The average Bonchev–Trinajstić information content (AvgIpc) is 2.62. The van der Waals surface area contributed by atoms with Gasteiger partial charge in [0.25, 0.3) is 5.56 Å². The number of hydrogen-bond acceptors (Lipinski definition) is 4. The predicted octanol–water partition coefficient (Wildman–Crippen LogP) is -0.223. The van der Waals surface area contributed by atoms with Gasteiger partial charge in [-0.25, -0.2) is 5.10 Å². The van der Waals surface area contributed by atoms with Crippen molar-refractivity contribution in [2.75, 3.05) is 12.3 Å². The fourth-order valence-electron chi connectivity index (χ4n) is 1.55. The zero-order valence-corrected chi connectivity index (χ0v) is 7.21. The highest BCUT2D eigenvalue weighted by atomic mass is 16.1. The van der Waals surface area contributed by atoms with Gasteiger partial charge in [-0.3, -0.25) is 4.79 Å². The molecule has 5 heteroatoms. The first-order valence-corrected chi connectivity index (χ1v) is 4.36. The summed E-state index contributed by atoms with van der Waals surface area (Å²) in [6.07, 6.45) is 2.20. The van der Waals surface area contributed by atoms with E-state index in [1.165, 1.54) is 0 Å². The second kappa shape index (κ2) is 3.18. The van der Waals surface area contributed by atoms with E-state index in [9.17, 15) is 4.79 Å². The summed E-state index contributed by atoms with van der Waals surface area (Å²) in [4.78, 5) is 10.9. The van der Waals surface area contributed by atoms with Gasteiger partial charge < -0.3 is 11.1 Å². The van der Waals surface area contributed by atoms with Crippen molar-refractivity contribution in [1.82, 2.24) is 15.5 Å². The molecule has 13 heavy (non-hydrogen) atoms. The molecule has 0 spiro atoms. The molecule has 0 bridgehead atoms. The molecule has 0 saturated carbocycles. The van der Waals surface area contributed by atoms with Crippen molar-refractivity contribution in [3.05, 3.63) is 22.1 Å². The summed E-state index contributed by atoms with van der Waals surface area (Å²) in [5.41, 5.74) is 6.22. The Morgan fingerprint density at radius 2 is 2.46 bits per heavy atom. The molecule has 1 atom stereocenters. The van der Waals surface area contributed by atoms with Gasteiger partial charge in [-0.2, -0.15) is 5.10 Å². The molecule has 2 heterocycles. The predicted molar refractivity (Wildman–Crippen MR) is 49.2 cm³/mol. The minimum atomic E-state index is -0.318. The van der Waals surface area contributed by atoms with E-state index >= 15 is 0 Å². The van der Waals surface area contributed by atoms with Crippen LogP contribution in [0.4, 0.5) is 5.69 Å². The van der Waals surface area contributed by atoms with E-state index in [1.807, 2.05) is 0 Å². The largest absolute Gasteiger partial charge is 0.394 e. The minimum absolute atomic E-state index is 0.235. The van der Waals surface area contributed by atoms with E-state index < -0.39 is 0 Å². The van der Waals surface area contributed by atoms with Crippen molar-refractivity contribution in [2.24, 2.45) is 0 Å². The number of nitrogen functional groups attached to an aromatic ring is 1. The molecule has 0 amide bonds. The van der Waals surface area contributed by atoms with Crippen molar-refractivity contribution in [2.45, 2.75) is 18.9 Å². The van der Waals surface area contributed by atoms with Gasteiger partial charge in [0.2, 0.25) is 0 Å². The summed E-state index contributed by atoms with van der Waals surface area (Å²) in [6, 6.07) is 1.89. The third kappa shape index (κ3) is 1.55. The van der Waals surface area contributed by atoms with E-state index in [4.69, 9.17) is 5.73 Å². The molecule has 0 radical (unpaired) electrons. The Bertz CT molecular complexity index is 353. The van der Waals surface area contributed by atoms with Crippen molar-refractivity contribution in [3.63, 3.8) is 0 Å². The molecule has 1 aromatic heterocycles. The van der Waals surface area contributed by atoms with Crippen LogP contribution in [0.1, 0.15) is 24.6 Å². The summed E-state index contributed by atoms with van der Waals surface area (Å²) in [5, 5.41) is 9.60. The first-order chi connectivity index (χ1) is 6.27. The lowest BCUT2D eigenvalue weighted by Gasteiger charge is -2.08. The van der Waals surface area contributed by atoms with Crippen LogP contribution >= 0.6 is 0 Å². The lowest BCUT2D eigenvalue weighted by atomic mass is 10.1. The van der Waals surface area contributed by atoms with E-state index in [0.29, 0.717) is 0 Å². The molecule has 0 aromatic carbocycles. The summed E-state index contributed by atoms with van der Waals surface area (Å²) in [6.45, 7) is 1.01. The van der Waals surface area contributed by atoms with Gasteiger partial charge in [0.1, 0.15) is 5.69 Å². The van der Waals surface area contributed by atoms with E-state index in [-0.39, 0.29) is 17.3 Å². The Hall–Kier alpha value is -1.36. The first kappa shape index (κ1) is 8.25. The maximum absolute atomic E-state index is 10.9. The standard InChI is InChI=1S/C8H12N4O/c9-5-4-7(11-12-8(5)13)6-2-1-3-10-6/h4,6,10H,1-3H2,(H2,9,11)(H,12,13). The monoisotopic (exact) mass is 180 g/mol. The molecule has 1 aliphatic heterocycles. The van der Waals surface area contributed by atoms with Gasteiger partial charge >= 0.3 is 0 Å². The number of anilines is 1. The number of aromatic amines is 1. The second-order valence-electron chi connectivity index (χ2n) is 3.23. The number of nitrogens with one attached hydrogen (secondary N) is 2. The molecule has 70 valence electrons. The molecule has 1 fully saturated rings. The van der Waals surface area contributed by atoms with Crippen molar-refractivity contribution >= 4 is 5.69 Å². The molecule has 1 saturated heterocycles. The summed E-state index contributed by atoms with van der Waals surface area (Å²) in [7, 11) is 0. The third-order valence-electron chi connectivity index (χ3n) is 2.27. The number of nitrogens with two attached hydrogens (primary N) is 1. The molecule has 5 nitrogen and oxygen atoms in total. The van der Waals surface area contributed by atoms with Gasteiger partial charge in [0, 0.05) is 0 Å². The van der Waals surface area contributed by atoms with Crippen LogP contribution in [0.2, 0.25) is 0 Å². The van der Waals surface area contributed by atoms with Crippen LogP contribution in [0.5, 0.6) is 0 Å². The van der Waals surface area contributed by atoms with Gasteiger partial charge in [0.05, 0.1) is 11.7 Å². The average molecular weight is 180 g/mol. The van der Waals surface area contributed by atoms with Crippen LogP contribution in [0, 0.1) is 0 Å². The number of hydrogen-bond donors (Lipinski definition) is 3. The lowest BCUT2D eigenvalue weighted by Crippen LogP contribution is -2.20. The van der Waals surface area contributed by atoms with Crippen molar-refractivity contribution < 1.29 is 0 Å². The van der Waals surface area contributed by atoms with Gasteiger partial charge in [-0.1, -0.05) is 0 Å². The highest BCUT2D eigenvalue weighted by Crippen LogP contribution is 2.20. The molecule has 1 unspecified atom stereocenters. The van der Waals surface area contributed by atoms with Crippen LogP contribution in [-0.4, -0.2) is 16.7 Å². The van der Waals surface area contributed by atoms with Crippen LogP contribution in [0.3, 0.4) is 0 Å². The zero-order chi connectivity index (χ0) is 9.26. The molecule has 1 aromatic rings. The van der Waals surface area contributed by atoms with Crippen LogP contribution in [0.25, 0.3) is 0 Å². The zero-order valence-electron chi connectivity index (χ0n) is 7.21. The SMILES string of the molecule is Nc1cc(C2CCCN2)n[nH]c1=O. The summed E-state index contributed by atoms with van der Waals surface area (Å²) >= 11 is 0. The summed E-state index contributed by atoms with van der Waals surface area (Å²) in [5.74, 6) is 0. The van der Waals surface area contributed by atoms with Gasteiger partial charge in [0.15, 0.2) is 0 Å². The number of rotatable bonds is 1. The quantitative estimate of drug-likeness (QED) is 0.557. The Morgan fingerprint density at radius 3 is 3.08 bits per heavy atom. The maximum Gasteiger partial charge on any atom is 0.287 e. The lowest BCUT2D eigenvalue weighted by molar-refractivity contribution is 0.615. The number of aromatic nitrogens is 2. The Morgan fingerprint density at radius 1 is 1.62 bits per heavy atom. The topological polar surface area (TPSA) is 83.8 Å². The molecular formula is C8H12N4O. The molecular weight excluding hydrogens is 168 g/mol. The van der Waals surface area contributed by atoms with Crippen molar-refractivity contribution in [3.8, 4) is 0 Å². The fourth-order valence-corrected chi connectivity index (χ4v) is 1.55.